The van der Waals surface area contributed by atoms with E-state index in [4.69, 9.17) is 20.1 Å². The summed E-state index contributed by atoms with van der Waals surface area (Å²) in [7, 11) is -0.457. The van der Waals surface area contributed by atoms with E-state index in [1.807, 2.05) is 27.7 Å². The average Bonchev–Trinajstić information content (AvgIpc) is 2.49. The van der Waals surface area contributed by atoms with Gasteiger partial charge in [-0.2, -0.15) is 0 Å². The van der Waals surface area contributed by atoms with E-state index in [2.05, 4.69) is 0 Å². The summed E-state index contributed by atoms with van der Waals surface area (Å²) in [5.74, 6) is 0. The zero-order valence-electron chi connectivity index (χ0n) is 11.2. The first-order chi connectivity index (χ1) is 8.27. The zero-order chi connectivity index (χ0) is 13.6. The van der Waals surface area contributed by atoms with E-state index in [-0.39, 0.29) is 16.7 Å². The number of nitrogens with one attached hydrogen (secondary N) is 2. The molecule has 96 valence electrons. The summed E-state index contributed by atoms with van der Waals surface area (Å²) >= 11 is 0. The van der Waals surface area contributed by atoms with Crippen LogP contribution in [0, 0.1) is 10.8 Å². The largest absolute Gasteiger partial charge is 0.496 e. The minimum absolute atomic E-state index is 0.255. The maximum atomic E-state index is 7.62. The van der Waals surface area contributed by atoms with Gasteiger partial charge < -0.3 is 9.31 Å². The van der Waals surface area contributed by atoms with Crippen molar-refractivity contribution in [3.8, 4) is 0 Å². The molecule has 1 aromatic heterocycles. The fourth-order valence-corrected chi connectivity index (χ4v) is 1.76. The maximum absolute atomic E-state index is 7.62. The molecule has 1 saturated heterocycles. The summed E-state index contributed by atoms with van der Waals surface area (Å²) < 4.78 is 13.3. The molecule has 2 N–H and O–H groups in total. The summed E-state index contributed by atoms with van der Waals surface area (Å²) in [5, 5.41) is 14.9. The van der Waals surface area contributed by atoms with Crippen molar-refractivity contribution in [3.05, 3.63) is 23.8 Å². The third-order valence-electron chi connectivity index (χ3n) is 3.66. The van der Waals surface area contributed by atoms with Gasteiger partial charge in [0.2, 0.25) is 0 Å². The van der Waals surface area contributed by atoms with Crippen LogP contribution in [0.3, 0.4) is 0 Å². The lowest BCUT2D eigenvalue weighted by molar-refractivity contribution is 0.00578. The van der Waals surface area contributed by atoms with Gasteiger partial charge in [-0.05, 0) is 39.2 Å². The van der Waals surface area contributed by atoms with E-state index in [1.165, 1.54) is 4.57 Å². The van der Waals surface area contributed by atoms with E-state index in [1.54, 1.807) is 18.3 Å². The summed E-state index contributed by atoms with van der Waals surface area (Å²) in [6, 6.07) is 3.43. The molecule has 2 rings (SSSR count). The van der Waals surface area contributed by atoms with Crippen LogP contribution in [0.15, 0.2) is 18.3 Å². The van der Waals surface area contributed by atoms with Gasteiger partial charge >= 0.3 is 7.12 Å². The molecule has 0 atom stereocenters. The van der Waals surface area contributed by atoms with Crippen LogP contribution in [-0.2, 0) is 9.31 Å². The molecule has 1 aliphatic rings. The highest BCUT2D eigenvalue weighted by atomic mass is 16.7. The maximum Gasteiger partial charge on any atom is 0.496 e. The van der Waals surface area contributed by atoms with Crippen molar-refractivity contribution in [2.75, 3.05) is 0 Å². The molecule has 0 radical (unpaired) electrons. The third-order valence-corrected chi connectivity index (χ3v) is 3.66. The SMILES string of the molecule is CC1(C)OB(c2ccc(=N)n(C=N)c2)OC1(C)C. The molecule has 5 nitrogen and oxygen atoms in total. The molecule has 1 aliphatic heterocycles. The molecule has 0 amide bonds. The fourth-order valence-electron chi connectivity index (χ4n) is 1.76. The van der Waals surface area contributed by atoms with Crippen LogP contribution >= 0.6 is 0 Å². The Kier molecular flexibility index (Phi) is 2.95. The minimum Gasteiger partial charge on any atom is -0.399 e. The Morgan fingerprint density at radius 1 is 1.17 bits per heavy atom. The van der Waals surface area contributed by atoms with Gasteiger partial charge in [-0.15, -0.1) is 0 Å². The van der Waals surface area contributed by atoms with E-state index in [9.17, 15) is 0 Å². The first-order valence-electron chi connectivity index (χ1n) is 5.90. The molecule has 0 bridgehead atoms. The van der Waals surface area contributed by atoms with Gasteiger partial charge in [0.05, 0.1) is 17.5 Å². The second kappa shape index (κ2) is 4.07. The van der Waals surface area contributed by atoms with Gasteiger partial charge in [0.15, 0.2) is 0 Å². The summed E-state index contributed by atoms with van der Waals surface area (Å²) in [4.78, 5) is 0. The topological polar surface area (TPSA) is 71.1 Å². The predicted octanol–water partition coefficient (Wildman–Crippen LogP) is 0.722. The normalized spacial score (nSPS) is 21.0. The van der Waals surface area contributed by atoms with Crippen LogP contribution in [0.5, 0.6) is 0 Å². The lowest BCUT2D eigenvalue weighted by Crippen LogP contribution is -2.41. The van der Waals surface area contributed by atoms with Gasteiger partial charge in [-0.25, -0.2) is 0 Å². The predicted molar refractivity (Wildman–Crippen MR) is 70.2 cm³/mol. The first-order valence-corrected chi connectivity index (χ1v) is 5.90. The van der Waals surface area contributed by atoms with Gasteiger partial charge in [0.25, 0.3) is 0 Å². The standard InChI is InChI=1S/C12H18BN3O2/c1-11(2)12(3,4)18-13(17-11)9-5-6-10(15)16(7-9)8-14/h5-8,14-15H,1-4H3. The van der Waals surface area contributed by atoms with Gasteiger partial charge in [-0.3, -0.25) is 15.4 Å². The van der Waals surface area contributed by atoms with Crippen LogP contribution in [-0.4, -0.2) is 29.2 Å². The Hall–Kier alpha value is -1.40. The Balaban J connectivity index is 2.35. The molecule has 0 saturated carbocycles. The minimum atomic E-state index is -0.457. The Labute approximate surface area is 107 Å². The van der Waals surface area contributed by atoms with Crippen LogP contribution in [0.1, 0.15) is 27.7 Å². The van der Waals surface area contributed by atoms with Gasteiger partial charge in [0, 0.05) is 6.20 Å². The van der Waals surface area contributed by atoms with Crippen molar-refractivity contribution in [2.45, 2.75) is 38.9 Å². The molecule has 0 aliphatic carbocycles. The molecule has 1 aromatic rings. The average molecular weight is 247 g/mol. The number of hydrogen-bond donors (Lipinski definition) is 2. The number of aromatic nitrogens is 1. The van der Waals surface area contributed by atoms with Crippen LogP contribution < -0.4 is 11.0 Å². The Morgan fingerprint density at radius 3 is 2.22 bits per heavy atom. The molecule has 2 heterocycles. The molecular weight excluding hydrogens is 229 g/mol. The Bertz CT molecular complexity index is 520. The smallest absolute Gasteiger partial charge is 0.399 e. The fraction of sp³-hybridized carbons (Fsp3) is 0.500. The van der Waals surface area contributed by atoms with Crippen molar-refractivity contribution >= 4 is 18.9 Å². The summed E-state index contributed by atoms with van der Waals surface area (Å²) in [5.41, 5.74) is 0.304. The van der Waals surface area contributed by atoms with Crippen molar-refractivity contribution in [1.29, 1.82) is 10.8 Å². The number of nitrogens with zero attached hydrogens (tertiary/aromatic N) is 1. The van der Waals surface area contributed by atoms with Crippen LogP contribution in [0.25, 0.3) is 0 Å². The number of rotatable bonds is 2. The van der Waals surface area contributed by atoms with Crippen LogP contribution in [0.4, 0.5) is 0 Å². The first kappa shape index (κ1) is 13.0. The van der Waals surface area contributed by atoms with E-state index in [0.717, 1.165) is 11.8 Å². The van der Waals surface area contributed by atoms with Crippen molar-refractivity contribution < 1.29 is 9.31 Å². The van der Waals surface area contributed by atoms with Crippen molar-refractivity contribution in [3.63, 3.8) is 0 Å². The second-order valence-electron chi connectivity index (χ2n) is 5.47. The lowest BCUT2D eigenvalue weighted by atomic mass is 9.80. The Morgan fingerprint density at radius 2 is 1.72 bits per heavy atom. The van der Waals surface area contributed by atoms with E-state index in [0.29, 0.717) is 0 Å². The van der Waals surface area contributed by atoms with Gasteiger partial charge in [0.1, 0.15) is 5.49 Å². The molecule has 1 fully saturated rings. The second-order valence-corrected chi connectivity index (χ2v) is 5.47. The number of hydrogen-bond acceptors (Lipinski definition) is 4. The quantitative estimate of drug-likeness (QED) is 0.459. The highest BCUT2D eigenvalue weighted by Gasteiger charge is 2.51. The highest BCUT2D eigenvalue weighted by molar-refractivity contribution is 6.62. The molecule has 0 unspecified atom stereocenters. The van der Waals surface area contributed by atoms with Crippen molar-refractivity contribution in [1.82, 2.24) is 4.57 Å². The monoisotopic (exact) mass is 247 g/mol. The molecule has 6 heteroatoms. The highest BCUT2D eigenvalue weighted by Crippen LogP contribution is 2.36. The van der Waals surface area contributed by atoms with Crippen molar-refractivity contribution in [2.24, 2.45) is 0 Å². The van der Waals surface area contributed by atoms with Gasteiger partial charge in [-0.1, -0.05) is 6.07 Å². The number of pyridine rings is 1. The van der Waals surface area contributed by atoms with Crippen LogP contribution in [0.2, 0.25) is 0 Å². The molecule has 0 aromatic carbocycles. The summed E-state index contributed by atoms with van der Waals surface area (Å²) in [6.45, 7) is 7.99. The molecular formula is C12H18BN3O2. The molecule has 0 spiro atoms. The lowest BCUT2D eigenvalue weighted by Gasteiger charge is -2.32. The molecule has 18 heavy (non-hydrogen) atoms. The third kappa shape index (κ3) is 2.02. The van der Waals surface area contributed by atoms with E-state index >= 15 is 0 Å². The summed E-state index contributed by atoms with van der Waals surface area (Å²) in [6.07, 6.45) is 2.79. The van der Waals surface area contributed by atoms with E-state index < -0.39 is 7.12 Å². The zero-order valence-corrected chi connectivity index (χ0v) is 11.2.